The van der Waals surface area contributed by atoms with Gasteiger partial charge in [-0.1, -0.05) is 11.2 Å². The number of benzene rings is 1. The molecule has 0 spiro atoms. The lowest BCUT2D eigenvalue weighted by molar-refractivity contribution is -0.135. The van der Waals surface area contributed by atoms with E-state index in [0.717, 1.165) is 12.8 Å². The van der Waals surface area contributed by atoms with Gasteiger partial charge in [-0.05, 0) is 55.2 Å². The van der Waals surface area contributed by atoms with Gasteiger partial charge >= 0.3 is 0 Å². The van der Waals surface area contributed by atoms with Gasteiger partial charge in [0.2, 0.25) is 0 Å². The zero-order chi connectivity index (χ0) is 20.1. The van der Waals surface area contributed by atoms with Crippen molar-refractivity contribution in [3.05, 3.63) is 60.3 Å². The minimum absolute atomic E-state index is 0.0651. The van der Waals surface area contributed by atoms with Gasteiger partial charge in [0.25, 0.3) is 11.8 Å². The van der Waals surface area contributed by atoms with E-state index >= 15 is 0 Å². The SMILES string of the molecule is O=C(COc1ccc(F)cc1)N1CCCC(Cc2noc(-c3ccccn3)n2)C1. The number of carbonyl (C=O) groups excluding carboxylic acids is 1. The van der Waals surface area contributed by atoms with E-state index in [-0.39, 0.29) is 24.2 Å². The Hall–Kier alpha value is -3.29. The number of pyridine rings is 1. The van der Waals surface area contributed by atoms with Crippen molar-refractivity contribution in [3.63, 3.8) is 0 Å². The Labute approximate surface area is 167 Å². The van der Waals surface area contributed by atoms with Crippen molar-refractivity contribution >= 4 is 5.91 Å². The number of carbonyl (C=O) groups is 1. The molecular weight excluding hydrogens is 375 g/mol. The second-order valence-corrected chi connectivity index (χ2v) is 7.03. The van der Waals surface area contributed by atoms with Gasteiger partial charge in [-0.15, -0.1) is 0 Å². The second kappa shape index (κ2) is 8.81. The molecule has 2 aromatic heterocycles. The van der Waals surface area contributed by atoms with Gasteiger partial charge < -0.3 is 14.2 Å². The van der Waals surface area contributed by atoms with Crippen molar-refractivity contribution in [2.45, 2.75) is 19.3 Å². The molecule has 1 atom stereocenters. The summed E-state index contributed by atoms with van der Waals surface area (Å²) in [5.41, 5.74) is 0.643. The third-order valence-electron chi connectivity index (χ3n) is 4.87. The Morgan fingerprint density at radius 3 is 2.90 bits per heavy atom. The highest BCUT2D eigenvalue weighted by Crippen LogP contribution is 2.22. The smallest absolute Gasteiger partial charge is 0.276 e. The molecule has 0 saturated carbocycles. The maximum Gasteiger partial charge on any atom is 0.276 e. The zero-order valence-corrected chi connectivity index (χ0v) is 15.8. The van der Waals surface area contributed by atoms with E-state index < -0.39 is 0 Å². The van der Waals surface area contributed by atoms with E-state index in [1.165, 1.54) is 24.3 Å². The third-order valence-corrected chi connectivity index (χ3v) is 4.87. The van der Waals surface area contributed by atoms with Crippen molar-refractivity contribution in [3.8, 4) is 17.3 Å². The molecule has 1 fully saturated rings. The number of likely N-dealkylation sites (tertiary alicyclic amines) is 1. The molecule has 1 unspecified atom stereocenters. The lowest BCUT2D eigenvalue weighted by atomic mass is 9.94. The molecule has 8 heteroatoms. The minimum Gasteiger partial charge on any atom is -0.484 e. The van der Waals surface area contributed by atoms with Crippen LogP contribution in [0.25, 0.3) is 11.6 Å². The average Bonchev–Trinajstić information content (AvgIpc) is 3.22. The molecule has 0 bridgehead atoms. The zero-order valence-electron chi connectivity index (χ0n) is 15.8. The lowest BCUT2D eigenvalue weighted by Gasteiger charge is -2.32. The highest BCUT2D eigenvalue weighted by Gasteiger charge is 2.25. The van der Waals surface area contributed by atoms with Crippen LogP contribution in [0.15, 0.2) is 53.2 Å². The summed E-state index contributed by atoms with van der Waals surface area (Å²) in [5, 5.41) is 4.05. The Morgan fingerprint density at radius 2 is 2.10 bits per heavy atom. The maximum atomic E-state index is 12.9. The van der Waals surface area contributed by atoms with Crippen LogP contribution in [-0.4, -0.2) is 45.6 Å². The molecule has 1 aliphatic heterocycles. The van der Waals surface area contributed by atoms with E-state index in [1.807, 2.05) is 18.2 Å². The molecule has 3 aromatic rings. The molecule has 1 aliphatic rings. The van der Waals surface area contributed by atoms with E-state index in [4.69, 9.17) is 9.26 Å². The van der Waals surface area contributed by atoms with Gasteiger partial charge in [0.05, 0.1) is 0 Å². The standard InChI is InChI=1S/C21H21FN4O3/c22-16-6-8-17(9-7-16)28-14-20(27)26-11-3-4-15(13-26)12-19-24-21(29-25-19)18-5-1-2-10-23-18/h1-2,5-10,15H,3-4,11-14H2. The van der Waals surface area contributed by atoms with Crippen molar-refractivity contribution in [2.75, 3.05) is 19.7 Å². The molecule has 29 heavy (non-hydrogen) atoms. The fraction of sp³-hybridized carbons (Fsp3) is 0.333. The fourth-order valence-electron chi connectivity index (χ4n) is 3.41. The number of piperidine rings is 1. The molecule has 4 rings (SSSR count). The van der Waals surface area contributed by atoms with Crippen molar-refractivity contribution in [1.82, 2.24) is 20.0 Å². The molecule has 0 N–H and O–H groups in total. The van der Waals surface area contributed by atoms with Crippen LogP contribution in [0.5, 0.6) is 5.75 Å². The van der Waals surface area contributed by atoms with Gasteiger partial charge in [-0.3, -0.25) is 9.78 Å². The highest BCUT2D eigenvalue weighted by atomic mass is 19.1. The molecule has 1 aromatic carbocycles. The number of rotatable bonds is 6. The molecule has 7 nitrogen and oxygen atoms in total. The molecule has 150 valence electrons. The first kappa shape index (κ1) is 19.0. The minimum atomic E-state index is -0.338. The average molecular weight is 396 g/mol. The summed E-state index contributed by atoms with van der Waals surface area (Å²) in [4.78, 5) is 22.9. The summed E-state index contributed by atoms with van der Waals surface area (Å²) < 4.78 is 23.7. The van der Waals surface area contributed by atoms with Crippen LogP contribution in [0.3, 0.4) is 0 Å². The van der Waals surface area contributed by atoms with Crippen LogP contribution in [0.1, 0.15) is 18.7 Å². The van der Waals surface area contributed by atoms with Crippen LogP contribution in [-0.2, 0) is 11.2 Å². The fourth-order valence-corrected chi connectivity index (χ4v) is 3.41. The van der Waals surface area contributed by atoms with Crippen LogP contribution in [0.4, 0.5) is 4.39 Å². The van der Waals surface area contributed by atoms with E-state index in [0.29, 0.717) is 42.7 Å². The number of aromatic nitrogens is 3. The Bertz CT molecular complexity index is 946. The van der Waals surface area contributed by atoms with Gasteiger partial charge in [0.15, 0.2) is 12.4 Å². The van der Waals surface area contributed by atoms with Gasteiger partial charge in [0.1, 0.15) is 17.3 Å². The molecule has 0 aliphatic carbocycles. The number of halogens is 1. The normalized spacial score (nSPS) is 16.6. The third kappa shape index (κ3) is 4.96. The second-order valence-electron chi connectivity index (χ2n) is 7.03. The number of nitrogens with zero attached hydrogens (tertiary/aromatic N) is 4. The first-order valence-electron chi connectivity index (χ1n) is 9.57. The molecular formula is C21H21FN4O3. The highest BCUT2D eigenvalue weighted by molar-refractivity contribution is 5.77. The Morgan fingerprint density at radius 1 is 1.24 bits per heavy atom. The first-order valence-corrected chi connectivity index (χ1v) is 9.57. The van der Waals surface area contributed by atoms with Crippen LogP contribution in [0, 0.1) is 11.7 Å². The summed E-state index contributed by atoms with van der Waals surface area (Å²) in [7, 11) is 0. The largest absolute Gasteiger partial charge is 0.484 e. The first-order chi connectivity index (χ1) is 14.2. The molecule has 0 radical (unpaired) electrons. The van der Waals surface area contributed by atoms with Gasteiger partial charge in [-0.25, -0.2) is 4.39 Å². The van der Waals surface area contributed by atoms with E-state index in [1.54, 1.807) is 11.1 Å². The van der Waals surface area contributed by atoms with Crippen molar-refractivity contribution < 1.29 is 18.4 Å². The molecule has 3 heterocycles. The Balaban J connectivity index is 1.30. The van der Waals surface area contributed by atoms with E-state index in [9.17, 15) is 9.18 Å². The number of amides is 1. The maximum absolute atomic E-state index is 12.9. The summed E-state index contributed by atoms with van der Waals surface area (Å²) in [5.74, 6) is 1.33. The summed E-state index contributed by atoms with van der Waals surface area (Å²) in [6.07, 6.45) is 4.23. The van der Waals surface area contributed by atoms with Crippen LogP contribution in [0.2, 0.25) is 0 Å². The Kier molecular flexibility index (Phi) is 5.79. The van der Waals surface area contributed by atoms with Gasteiger partial charge in [-0.2, -0.15) is 4.98 Å². The monoisotopic (exact) mass is 396 g/mol. The number of hydrogen-bond acceptors (Lipinski definition) is 6. The summed E-state index contributed by atoms with van der Waals surface area (Å²) in [6.45, 7) is 1.26. The van der Waals surface area contributed by atoms with Crippen LogP contribution >= 0.6 is 0 Å². The predicted molar refractivity (Wildman–Crippen MR) is 102 cm³/mol. The number of ether oxygens (including phenoxy) is 1. The molecule has 1 saturated heterocycles. The predicted octanol–water partition coefficient (Wildman–Crippen LogP) is 3.13. The van der Waals surface area contributed by atoms with Gasteiger partial charge in [0, 0.05) is 25.7 Å². The van der Waals surface area contributed by atoms with E-state index in [2.05, 4.69) is 15.1 Å². The van der Waals surface area contributed by atoms with Crippen LogP contribution < -0.4 is 4.74 Å². The summed E-state index contributed by atoms with van der Waals surface area (Å²) >= 11 is 0. The lowest BCUT2D eigenvalue weighted by Crippen LogP contribution is -2.42. The molecule has 1 amide bonds. The topological polar surface area (TPSA) is 81.4 Å². The number of hydrogen-bond donors (Lipinski definition) is 0. The van der Waals surface area contributed by atoms with Crippen molar-refractivity contribution in [2.24, 2.45) is 5.92 Å². The van der Waals surface area contributed by atoms with Crippen molar-refractivity contribution in [1.29, 1.82) is 0 Å². The summed E-state index contributed by atoms with van der Waals surface area (Å²) in [6, 6.07) is 11.1. The quantitative estimate of drug-likeness (QED) is 0.637.